The van der Waals surface area contributed by atoms with Crippen LogP contribution in [0.25, 0.3) is 0 Å². The summed E-state index contributed by atoms with van der Waals surface area (Å²) in [5.74, 6) is 0.887. The minimum atomic E-state index is -4.48. The summed E-state index contributed by atoms with van der Waals surface area (Å²) < 4.78 is 44.3. The number of aryl methyl sites for hydroxylation is 1. The predicted octanol–water partition coefficient (Wildman–Crippen LogP) is 1.58. The zero-order valence-corrected chi connectivity index (χ0v) is 13.4. The summed E-state index contributed by atoms with van der Waals surface area (Å²) in [4.78, 5) is 20.1. The highest BCUT2D eigenvalue weighted by Gasteiger charge is 2.31. The summed E-state index contributed by atoms with van der Waals surface area (Å²) in [6.07, 6.45) is -2.52. The number of amides is 1. The molecule has 0 aromatic carbocycles. The largest absolute Gasteiger partial charge is 0.417 e. The molecule has 1 atom stereocenters. The van der Waals surface area contributed by atoms with Crippen LogP contribution >= 0.6 is 0 Å². The third-order valence-electron chi connectivity index (χ3n) is 3.83. The maximum absolute atomic E-state index is 12.5. The number of ether oxygens (including phenoxy) is 1. The molecule has 2 aromatic heterocycles. The van der Waals surface area contributed by atoms with E-state index < -0.39 is 17.6 Å². The Bertz CT molecular complexity index is 758. The van der Waals surface area contributed by atoms with Crippen molar-refractivity contribution < 1.29 is 22.7 Å². The van der Waals surface area contributed by atoms with Crippen molar-refractivity contribution in [1.29, 1.82) is 0 Å². The van der Waals surface area contributed by atoms with Crippen molar-refractivity contribution in [2.75, 3.05) is 7.11 Å². The number of alkyl halides is 3. The minimum Gasteiger partial charge on any atom is -0.377 e. The number of fused-ring (bicyclic) bond motifs is 1. The second kappa shape index (κ2) is 6.79. The molecule has 0 spiro atoms. The maximum atomic E-state index is 12.5. The van der Waals surface area contributed by atoms with Gasteiger partial charge in [-0.1, -0.05) is 0 Å². The number of aromatic nitrogens is 4. The molecule has 0 bridgehead atoms. The van der Waals surface area contributed by atoms with Gasteiger partial charge in [0.15, 0.2) is 5.82 Å². The molecule has 25 heavy (non-hydrogen) atoms. The molecule has 2 aromatic rings. The number of methoxy groups -OCH3 is 1. The van der Waals surface area contributed by atoms with Gasteiger partial charge in [-0.25, -0.2) is 9.67 Å². The summed E-state index contributed by atoms with van der Waals surface area (Å²) >= 11 is 0. The molecule has 3 rings (SSSR count). The van der Waals surface area contributed by atoms with E-state index in [9.17, 15) is 18.0 Å². The van der Waals surface area contributed by atoms with Crippen LogP contribution in [0.5, 0.6) is 0 Å². The van der Waals surface area contributed by atoms with E-state index in [1.54, 1.807) is 11.8 Å². The molecule has 7 nitrogen and oxygen atoms in total. The van der Waals surface area contributed by atoms with Crippen LogP contribution < -0.4 is 5.32 Å². The number of nitrogens with zero attached hydrogens (tertiary/aromatic N) is 4. The van der Waals surface area contributed by atoms with E-state index >= 15 is 0 Å². The van der Waals surface area contributed by atoms with Gasteiger partial charge in [0.1, 0.15) is 18.1 Å². The Morgan fingerprint density at radius 3 is 2.88 bits per heavy atom. The van der Waals surface area contributed by atoms with E-state index in [-0.39, 0.29) is 11.7 Å². The molecule has 0 saturated carbocycles. The van der Waals surface area contributed by atoms with Crippen molar-refractivity contribution in [2.45, 2.75) is 38.2 Å². The van der Waals surface area contributed by atoms with Crippen LogP contribution in [0.2, 0.25) is 0 Å². The summed E-state index contributed by atoms with van der Waals surface area (Å²) in [5, 5.41) is 7.07. The molecule has 134 valence electrons. The van der Waals surface area contributed by atoms with Gasteiger partial charge >= 0.3 is 6.18 Å². The molecule has 1 amide bonds. The number of halogens is 3. The predicted molar refractivity (Wildman–Crippen MR) is 79.5 cm³/mol. The van der Waals surface area contributed by atoms with Gasteiger partial charge in [-0.05, 0) is 18.6 Å². The van der Waals surface area contributed by atoms with Crippen LogP contribution in [-0.2, 0) is 30.5 Å². The zero-order chi connectivity index (χ0) is 18.0. The Labute approximate surface area is 141 Å². The lowest BCUT2D eigenvalue weighted by Crippen LogP contribution is -2.41. The van der Waals surface area contributed by atoms with Crippen LogP contribution in [0.1, 0.15) is 34.1 Å². The Balaban J connectivity index is 1.63. The molecule has 1 N–H and O–H groups in total. The minimum absolute atomic E-state index is 0.0579. The number of rotatable bonds is 4. The lowest BCUT2D eigenvalue weighted by molar-refractivity contribution is -0.137. The number of nitrogens with one attached hydrogen (secondary N) is 1. The van der Waals surface area contributed by atoms with E-state index in [2.05, 4.69) is 20.4 Å². The van der Waals surface area contributed by atoms with Gasteiger partial charge in [-0.3, -0.25) is 9.78 Å². The smallest absolute Gasteiger partial charge is 0.377 e. The first-order valence-corrected chi connectivity index (χ1v) is 7.62. The summed E-state index contributed by atoms with van der Waals surface area (Å²) in [6.45, 7) is 0.755. The van der Waals surface area contributed by atoms with Crippen molar-refractivity contribution in [3.05, 3.63) is 41.2 Å². The summed E-state index contributed by atoms with van der Waals surface area (Å²) in [7, 11) is 1.56. The highest BCUT2D eigenvalue weighted by Crippen LogP contribution is 2.28. The van der Waals surface area contributed by atoms with Crippen molar-refractivity contribution in [1.82, 2.24) is 25.1 Å². The molecule has 1 aliphatic heterocycles. The van der Waals surface area contributed by atoms with Crippen molar-refractivity contribution in [2.24, 2.45) is 0 Å². The summed E-state index contributed by atoms with van der Waals surface area (Å²) in [6, 6.07) is 1.72. The Morgan fingerprint density at radius 2 is 2.24 bits per heavy atom. The second-order valence-electron chi connectivity index (χ2n) is 5.70. The average Bonchev–Trinajstić information content (AvgIpc) is 2.96. The second-order valence-corrected chi connectivity index (χ2v) is 5.70. The Morgan fingerprint density at radius 1 is 1.44 bits per heavy atom. The summed E-state index contributed by atoms with van der Waals surface area (Å²) in [5.41, 5.74) is -0.947. The SMILES string of the molecule is COCc1nc2n(n1)CC(NC(=O)c1ccc(C(F)(F)F)cn1)CC2. The fourth-order valence-electron chi connectivity index (χ4n) is 2.62. The van der Waals surface area contributed by atoms with Gasteiger partial charge in [0.05, 0.1) is 12.1 Å². The zero-order valence-electron chi connectivity index (χ0n) is 13.4. The number of hydrogen-bond donors (Lipinski definition) is 1. The molecule has 0 saturated heterocycles. The van der Waals surface area contributed by atoms with E-state index in [0.717, 1.165) is 18.0 Å². The Kier molecular flexibility index (Phi) is 4.71. The first kappa shape index (κ1) is 17.3. The van der Waals surface area contributed by atoms with Gasteiger partial charge < -0.3 is 10.1 Å². The molecule has 3 heterocycles. The van der Waals surface area contributed by atoms with Crippen molar-refractivity contribution in [3.8, 4) is 0 Å². The Hall–Kier alpha value is -2.49. The van der Waals surface area contributed by atoms with E-state index in [1.165, 1.54) is 0 Å². The van der Waals surface area contributed by atoms with Gasteiger partial charge in [-0.15, -0.1) is 0 Å². The third kappa shape index (κ3) is 3.95. The highest BCUT2D eigenvalue weighted by atomic mass is 19.4. The van der Waals surface area contributed by atoms with Crippen LogP contribution in [0, 0.1) is 0 Å². The fourth-order valence-corrected chi connectivity index (χ4v) is 2.62. The third-order valence-corrected chi connectivity index (χ3v) is 3.83. The standard InChI is InChI=1S/C15H16F3N5O2/c1-25-8-12-21-13-5-3-10(7-23(13)22-12)20-14(24)11-4-2-9(6-19-11)15(16,17)18/h2,4,6,10H,3,5,7-8H2,1H3,(H,20,24). The van der Waals surface area contributed by atoms with E-state index in [1.807, 2.05) is 0 Å². The van der Waals surface area contributed by atoms with E-state index in [0.29, 0.717) is 38.0 Å². The first-order valence-electron chi connectivity index (χ1n) is 7.62. The number of carbonyl (C=O) groups excluding carboxylic acids is 1. The van der Waals surface area contributed by atoms with Gasteiger partial charge in [0.2, 0.25) is 0 Å². The molecule has 0 fully saturated rings. The topological polar surface area (TPSA) is 81.9 Å². The molecule has 1 unspecified atom stereocenters. The van der Waals surface area contributed by atoms with Crippen LogP contribution in [-0.4, -0.2) is 38.8 Å². The van der Waals surface area contributed by atoms with Crippen molar-refractivity contribution >= 4 is 5.91 Å². The van der Waals surface area contributed by atoms with Crippen molar-refractivity contribution in [3.63, 3.8) is 0 Å². The fraction of sp³-hybridized carbons (Fsp3) is 0.467. The molecule has 1 aliphatic rings. The van der Waals surface area contributed by atoms with Gasteiger partial charge in [0, 0.05) is 25.8 Å². The molecular weight excluding hydrogens is 339 g/mol. The lowest BCUT2D eigenvalue weighted by atomic mass is 10.1. The quantitative estimate of drug-likeness (QED) is 0.901. The molecule has 0 radical (unpaired) electrons. The normalized spacial score (nSPS) is 17.2. The number of pyridine rings is 1. The molecular formula is C15H16F3N5O2. The van der Waals surface area contributed by atoms with Gasteiger partial charge in [0.25, 0.3) is 5.91 Å². The average molecular weight is 355 g/mol. The lowest BCUT2D eigenvalue weighted by Gasteiger charge is -2.23. The van der Waals surface area contributed by atoms with Gasteiger partial charge in [-0.2, -0.15) is 18.3 Å². The monoisotopic (exact) mass is 355 g/mol. The first-order chi connectivity index (χ1) is 11.9. The van der Waals surface area contributed by atoms with Crippen LogP contribution in [0.15, 0.2) is 18.3 Å². The molecule has 10 heteroatoms. The van der Waals surface area contributed by atoms with Crippen LogP contribution in [0.3, 0.4) is 0 Å². The maximum Gasteiger partial charge on any atom is 0.417 e. The number of carbonyl (C=O) groups is 1. The van der Waals surface area contributed by atoms with E-state index in [4.69, 9.17) is 4.74 Å². The van der Waals surface area contributed by atoms with Crippen LogP contribution in [0.4, 0.5) is 13.2 Å². The number of hydrogen-bond acceptors (Lipinski definition) is 5. The highest BCUT2D eigenvalue weighted by molar-refractivity contribution is 5.92. The molecule has 0 aliphatic carbocycles.